The molecule has 1 unspecified atom stereocenters. The van der Waals surface area contributed by atoms with Crippen molar-refractivity contribution in [3.05, 3.63) is 35.5 Å². The van der Waals surface area contributed by atoms with Gasteiger partial charge in [0.25, 0.3) is 0 Å². The Morgan fingerprint density at radius 2 is 1.77 bits per heavy atom. The fraction of sp³-hybridized carbons (Fsp3) is 0.786. The molecule has 3 heteroatoms. The Labute approximate surface area is 190 Å². The standard InChI is InChI=1S/C28H46O3/c1-18(13-15-27(4,5)31)19(2)23-11-12-24-22(8-7-14-28(23,24)6)10-9-21-16-25(29)20(3)26(30)17-21/h9-10,18-19,23-26,29-31H,3,7-8,11-17H2,1-2,4-6H3/t18-,19+,23+,24?,25+,26+,28+/m0/s1. The minimum atomic E-state index is -0.618. The van der Waals surface area contributed by atoms with Crippen LogP contribution in [0.5, 0.6) is 0 Å². The van der Waals surface area contributed by atoms with Gasteiger partial charge in [-0.2, -0.15) is 0 Å². The van der Waals surface area contributed by atoms with Crippen LogP contribution in [0.1, 0.15) is 92.4 Å². The Morgan fingerprint density at radius 3 is 2.39 bits per heavy atom. The maximum absolute atomic E-state index is 10.2. The molecule has 3 nitrogen and oxygen atoms in total. The van der Waals surface area contributed by atoms with Crippen LogP contribution in [0.2, 0.25) is 0 Å². The predicted octanol–water partition coefficient (Wildman–Crippen LogP) is 5.95. The van der Waals surface area contributed by atoms with Crippen molar-refractivity contribution in [3.63, 3.8) is 0 Å². The first-order valence-electron chi connectivity index (χ1n) is 12.6. The average Bonchev–Trinajstić information content (AvgIpc) is 3.04. The lowest BCUT2D eigenvalue weighted by Crippen LogP contribution is -2.37. The van der Waals surface area contributed by atoms with Gasteiger partial charge in [0.1, 0.15) is 0 Å². The monoisotopic (exact) mass is 430 g/mol. The molecule has 0 aromatic rings. The van der Waals surface area contributed by atoms with E-state index in [4.69, 9.17) is 0 Å². The lowest BCUT2D eigenvalue weighted by atomic mass is 9.59. The third-order valence-electron chi connectivity index (χ3n) is 9.08. The number of aliphatic hydroxyl groups excluding tert-OH is 2. The molecular weight excluding hydrogens is 384 g/mol. The minimum absolute atomic E-state index is 0.366. The van der Waals surface area contributed by atoms with Crippen molar-refractivity contribution >= 4 is 0 Å². The summed E-state index contributed by atoms with van der Waals surface area (Å²) in [6, 6.07) is 0. The minimum Gasteiger partial charge on any atom is -0.390 e. The highest BCUT2D eigenvalue weighted by atomic mass is 16.3. The number of hydrogen-bond acceptors (Lipinski definition) is 3. The third-order valence-corrected chi connectivity index (χ3v) is 9.08. The van der Waals surface area contributed by atoms with Gasteiger partial charge in [-0.3, -0.25) is 0 Å². The van der Waals surface area contributed by atoms with Crippen LogP contribution in [-0.2, 0) is 0 Å². The Hall–Kier alpha value is -0.900. The van der Waals surface area contributed by atoms with Crippen molar-refractivity contribution in [1.82, 2.24) is 0 Å². The summed E-state index contributed by atoms with van der Waals surface area (Å²) >= 11 is 0. The van der Waals surface area contributed by atoms with Gasteiger partial charge in [0.2, 0.25) is 0 Å². The third kappa shape index (κ3) is 5.54. The van der Waals surface area contributed by atoms with Gasteiger partial charge in [-0.15, -0.1) is 0 Å². The lowest BCUT2D eigenvalue weighted by molar-refractivity contribution is 0.0447. The summed E-state index contributed by atoms with van der Waals surface area (Å²) in [6.07, 6.45) is 12.8. The largest absolute Gasteiger partial charge is 0.390 e. The number of rotatable bonds is 6. The molecule has 176 valence electrons. The molecule has 3 fully saturated rings. The van der Waals surface area contributed by atoms with Crippen LogP contribution in [0.4, 0.5) is 0 Å². The van der Waals surface area contributed by atoms with Crippen molar-refractivity contribution < 1.29 is 15.3 Å². The van der Waals surface area contributed by atoms with Crippen LogP contribution in [0.25, 0.3) is 0 Å². The molecule has 3 saturated carbocycles. The van der Waals surface area contributed by atoms with E-state index in [1.165, 1.54) is 32.1 Å². The molecule has 0 aliphatic heterocycles. The zero-order chi connectivity index (χ0) is 23.0. The molecule has 3 aliphatic rings. The summed E-state index contributed by atoms with van der Waals surface area (Å²) in [6.45, 7) is 15.0. The van der Waals surface area contributed by atoms with Gasteiger partial charge in [0, 0.05) is 0 Å². The zero-order valence-electron chi connectivity index (χ0n) is 20.5. The van der Waals surface area contributed by atoms with Gasteiger partial charge >= 0.3 is 0 Å². The van der Waals surface area contributed by atoms with E-state index in [1.807, 2.05) is 13.8 Å². The topological polar surface area (TPSA) is 60.7 Å². The molecule has 0 amide bonds. The first-order valence-corrected chi connectivity index (χ1v) is 12.6. The number of fused-ring (bicyclic) bond motifs is 1. The van der Waals surface area contributed by atoms with Crippen molar-refractivity contribution in [1.29, 1.82) is 0 Å². The highest BCUT2D eigenvalue weighted by Crippen LogP contribution is 2.60. The number of allylic oxidation sites excluding steroid dienone is 3. The van der Waals surface area contributed by atoms with Gasteiger partial charge in [0.05, 0.1) is 17.8 Å². The van der Waals surface area contributed by atoms with E-state index in [9.17, 15) is 15.3 Å². The van der Waals surface area contributed by atoms with E-state index in [-0.39, 0.29) is 0 Å². The quantitative estimate of drug-likeness (QED) is 0.456. The molecular formula is C28H46O3. The van der Waals surface area contributed by atoms with Crippen molar-refractivity contribution in [3.8, 4) is 0 Å². The normalized spacial score (nSPS) is 37.6. The van der Waals surface area contributed by atoms with E-state index in [0.29, 0.717) is 41.6 Å². The fourth-order valence-electron chi connectivity index (χ4n) is 6.81. The number of aliphatic hydroxyl groups is 3. The summed E-state index contributed by atoms with van der Waals surface area (Å²) in [5.74, 6) is 2.69. The predicted molar refractivity (Wildman–Crippen MR) is 129 cm³/mol. The summed E-state index contributed by atoms with van der Waals surface area (Å²) in [4.78, 5) is 0. The molecule has 0 heterocycles. The molecule has 3 rings (SSSR count). The lowest BCUT2D eigenvalue weighted by Gasteiger charge is -2.45. The highest BCUT2D eigenvalue weighted by Gasteiger charge is 2.51. The summed E-state index contributed by atoms with van der Waals surface area (Å²) in [5.41, 5.74) is 3.06. The van der Waals surface area contributed by atoms with Crippen molar-refractivity contribution in [2.45, 2.75) is 110 Å². The smallest absolute Gasteiger partial charge is 0.0809 e. The second-order valence-corrected chi connectivity index (χ2v) is 11.9. The Bertz CT molecular complexity index is 696. The van der Waals surface area contributed by atoms with Gasteiger partial charge in [0.15, 0.2) is 0 Å². The first-order chi connectivity index (χ1) is 14.4. The summed E-state index contributed by atoms with van der Waals surface area (Å²) in [5, 5.41) is 30.5. The number of hydrogen-bond donors (Lipinski definition) is 3. The molecule has 0 aromatic heterocycles. The zero-order valence-corrected chi connectivity index (χ0v) is 20.5. The maximum Gasteiger partial charge on any atom is 0.0809 e. The van der Waals surface area contributed by atoms with Crippen LogP contribution in [0.15, 0.2) is 35.5 Å². The van der Waals surface area contributed by atoms with Crippen LogP contribution < -0.4 is 0 Å². The fourth-order valence-corrected chi connectivity index (χ4v) is 6.81. The van der Waals surface area contributed by atoms with Crippen molar-refractivity contribution in [2.24, 2.45) is 29.1 Å². The Kier molecular flexibility index (Phi) is 7.61. The van der Waals surface area contributed by atoms with E-state index < -0.39 is 17.8 Å². The molecule has 3 aliphatic carbocycles. The van der Waals surface area contributed by atoms with E-state index in [2.05, 4.69) is 39.5 Å². The van der Waals surface area contributed by atoms with Crippen molar-refractivity contribution in [2.75, 3.05) is 0 Å². The Balaban J connectivity index is 1.71. The molecule has 3 N–H and O–H groups in total. The average molecular weight is 431 g/mol. The summed E-state index contributed by atoms with van der Waals surface area (Å²) < 4.78 is 0. The van der Waals surface area contributed by atoms with Gasteiger partial charge in [-0.25, -0.2) is 0 Å². The van der Waals surface area contributed by atoms with Crippen LogP contribution in [0, 0.1) is 29.1 Å². The second-order valence-electron chi connectivity index (χ2n) is 11.9. The van der Waals surface area contributed by atoms with E-state index in [0.717, 1.165) is 24.3 Å². The first kappa shape index (κ1) is 24.7. The molecule has 0 aromatic carbocycles. The van der Waals surface area contributed by atoms with Gasteiger partial charge < -0.3 is 15.3 Å². The summed E-state index contributed by atoms with van der Waals surface area (Å²) in [7, 11) is 0. The molecule has 0 spiro atoms. The van der Waals surface area contributed by atoms with Crippen LogP contribution >= 0.6 is 0 Å². The van der Waals surface area contributed by atoms with Gasteiger partial charge in [-0.1, -0.05) is 50.6 Å². The maximum atomic E-state index is 10.2. The molecule has 7 atom stereocenters. The van der Waals surface area contributed by atoms with Gasteiger partial charge in [-0.05, 0) is 106 Å². The molecule has 0 bridgehead atoms. The van der Waals surface area contributed by atoms with E-state index in [1.54, 1.807) is 5.57 Å². The molecule has 0 radical (unpaired) electrons. The molecule has 0 saturated heterocycles. The van der Waals surface area contributed by atoms with E-state index >= 15 is 0 Å². The second kappa shape index (κ2) is 9.53. The molecule has 31 heavy (non-hydrogen) atoms. The van der Waals surface area contributed by atoms with Crippen LogP contribution in [-0.4, -0.2) is 33.1 Å². The highest BCUT2D eigenvalue weighted by molar-refractivity contribution is 5.29. The van der Waals surface area contributed by atoms with Crippen LogP contribution in [0.3, 0.4) is 0 Å². The Morgan fingerprint density at radius 1 is 1.13 bits per heavy atom. The SMILES string of the molecule is C=C1[C@H](O)CC(=CC=C2CCC[C@@]3(C)C2CC[C@@H]3[C@H](C)[C@@H](C)CCC(C)(C)O)C[C@H]1O.